The number of amides is 1. The molecule has 0 saturated carbocycles. The minimum Gasteiger partial charge on any atom is -0.486 e. The number of nitrogens with one attached hydrogen (secondary N) is 1. The maximum absolute atomic E-state index is 11.2. The van der Waals surface area contributed by atoms with E-state index in [1.54, 1.807) is 12.1 Å². The average molecular weight is 387 g/mol. The summed E-state index contributed by atoms with van der Waals surface area (Å²) >= 11 is 18.6. The van der Waals surface area contributed by atoms with E-state index in [-0.39, 0.29) is 12.7 Å². The van der Waals surface area contributed by atoms with Crippen molar-refractivity contribution in [3.05, 3.63) is 51.0 Å². The van der Waals surface area contributed by atoms with Gasteiger partial charge in [0.1, 0.15) is 18.5 Å². The first kappa shape index (κ1) is 17.2. The van der Waals surface area contributed by atoms with Crippen molar-refractivity contribution in [2.45, 2.75) is 12.5 Å². The van der Waals surface area contributed by atoms with E-state index < -0.39 is 6.09 Å². The number of halogens is 3. The highest BCUT2D eigenvalue weighted by Crippen LogP contribution is 2.45. The van der Waals surface area contributed by atoms with Gasteiger partial charge in [-0.05, 0) is 17.7 Å². The lowest BCUT2D eigenvalue weighted by molar-refractivity contribution is 0.0941. The Hall–Kier alpha value is -1.62. The predicted molar refractivity (Wildman–Crippen MR) is 95.4 cm³/mol. The summed E-state index contributed by atoms with van der Waals surface area (Å²) in [7, 11) is 1.51. The van der Waals surface area contributed by atoms with Gasteiger partial charge in [-0.3, -0.25) is 0 Å². The molecule has 4 nitrogen and oxygen atoms in total. The van der Waals surface area contributed by atoms with Crippen LogP contribution in [0.1, 0.15) is 5.56 Å². The van der Waals surface area contributed by atoms with Crippen LogP contribution < -0.4 is 10.1 Å². The first-order valence-corrected chi connectivity index (χ1v) is 8.41. The Labute approximate surface area is 154 Å². The first-order chi connectivity index (χ1) is 11.5. The van der Waals surface area contributed by atoms with Crippen molar-refractivity contribution >= 4 is 40.9 Å². The summed E-state index contributed by atoms with van der Waals surface area (Å²) in [5, 5.41) is 3.78. The third kappa shape index (κ3) is 3.41. The Morgan fingerprint density at radius 3 is 2.67 bits per heavy atom. The van der Waals surface area contributed by atoms with Gasteiger partial charge in [0.25, 0.3) is 0 Å². The molecule has 0 aliphatic carbocycles. The fraction of sp³-hybridized carbons (Fsp3) is 0.235. The Kier molecular flexibility index (Phi) is 5.09. The van der Waals surface area contributed by atoms with Crippen molar-refractivity contribution in [3.63, 3.8) is 0 Å². The number of carbonyl (C=O) groups is 1. The molecule has 7 heteroatoms. The lowest BCUT2D eigenvalue weighted by atomic mass is 10.0. The number of carbonyl (C=O) groups excluding carboxylic acids is 1. The predicted octanol–water partition coefficient (Wildman–Crippen LogP) is 4.97. The summed E-state index contributed by atoms with van der Waals surface area (Å²) in [6.07, 6.45) is -0.0925. The van der Waals surface area contributed by atoms with Gasteiger partial charge in [-0.15, -0.1) is 0 Å². The fourth-order valence-electron chi connectivity index (χ4n) is 2.67. The monoisotopic (exact) mass is 385 g/mol. The van der Waals surface area contributed by atoms with Crippen molar-refractivity contribution in [1.82, 2.24) is 5.32 Å². The van der Waals surface area contributed by atoms with Crippen LogP contribution in [0.25, 0.3) is 11.1 Å². The molecule has 2 aromatic carbocycles. The smallest absolute Gasteiger partial charge is 0.406 e. The molecule has 1 aliphatic rings. The van der Waals surface area contributed by atoms with Gasteiger partial charge in [-0.25, -0.2) is 4.79 Å². The molecule has 1 aliphatic heterocycles. The highest BCUT2D eigenvalue weighted by atomic mass is 35.5. The molecule has 0 bridgehead atoms. The van der Waals surface area contributed by atoms with Crippen LogP contribution in [0.4, 0.5) is 4.79 Å². The molecule has 1 amide bonds. The molecule has 1 heterocycles. The second-order valence-corrected chi connectivity index (χ2v) is 6.58. The SMILES string of the molecule is CNC(=O)OCC1Cc2cccc(-c3c(Cl)cc(Cl)cc3Cl)c2O1. The van der Waals surface area contributed by atoms with E-state index in [9.17, 15) is 4.79 Å². The molecule has 0 spiro atoms. The van der Waals surface area contributed by atoms with Crippen LogP contribution in [0, 0.1) is 0 Å². The Balaban J connectivity index is 1.91. The number of ether oxygens (including phenoxy) is 2. The summed E-state index contributed by atoms with van der Waals surface area (Å²) < 4.78 is 11.0. The maximum atomic E-state index is 11.2. The van der Waals surface area contributed by atoms with Gasteiger partial charge in [0.2, 0.25) is 0 Å². The minimum absolute atomic E-state index is 0.163. The van der Waals surface area contributed by atoms with Crippen LogP contribution in [0.15, 0.2) is 30.3 Å². The number of alkyl carbamates (subject to hydrolysis) is 1. The van der Waals surface area contributed by atoms with Crippen LogP contribution in [0.2, 0.25) is 15.1 Å². The van der Waals surface area contributed by atoms with Crippen molar-refractivity contribution in [2.75, 3.05) is 13.7 Å². The quantitative estimate of drug-likeness (QED) is 0.810. The lowest BCUT2D eigenvalue weighted by Gasteiger charge is -2.14. The van der Waals surface area contributed by atoms with Gasteiger partial charge >= 0.3 is 6.09 Å². The Morgan fingerprint density at radius 2 is 2.00 bits per heavy atom. The number of rotatable bonds is 3. The maximum Gasteiger partial charge on any atom is 0.406 e. The first-order valence-electron chi connectivity index (χ1n) is 7.27. The highest BCUT2D eigenvalue weighted by Gasteiger charge is 2.28. The molecule has 0 saturated heterocycles. The van der Waals surface area contributed by atoms with Crippen LogP contribution in [0.5, 0.6) is 5.75 Å². The number of fused-ring (bicyclic) bond motifs is 1. The Bertz CT molecular complexity index is 772. The molecule has 0 fully saturated rings. The van der Waals surface area contributed by atoms with E-state index in [0.717, 1.165) is 11.1 Å². The standard InChI is InChI=1S/C17H14Cl3NO3/c1-21-17(22)23-8-11-5-9-3-2-4-12(16(9)24-11)15-13(19)6-10(18)7-14(15)20/h2-4,6-7,11H,5,8H2,1H3,(H,21,22). The molecule has 2 aromatic rings. The lowest BCUT2D eigenvalue weighted by Crippen LogP contribution is -2.27. The number of para-hydroxylation sites is 1. The molecular weight excluding hydrogens is 373 g/mol. The fourth-order valence-corrected chi connectivity index (χ4v) is 3.69. The van der Waals surface area contributed by atoms with E-state index in [2.05, 4.69) is 5.32 Å². The number of hydrogen-bond donors (Lipinski definition) is 1. The van der Waals surface area contributed by atoms with Crippen molar-refractivity contribution in [3.8, 4) is 16.9 Å². The zero-order valence-corrected chi connectivity index (χ0v) is 15.0. The van der Waals surface area contributed by atoms with Gasteiger partial charge in [0, 0.05) is 29.6 Å². The largest absolute Gasteiger partial charge is 0.486 e. The van der Waals surface area contributed by atoms with Crippen LogP contribution in [-0.2, 0) is 11.2 Å². The van der Waals surface area contributed by atoms with Gasteiger partial charge in [0.15, 0.2) is 0 Å². The van der Waals surface area contributed by atoms with Gasteiger partial charge in [-0.1, -0.05) is 53.0 Å². The second kappa shape index (κ2) is 7.09. The van der Waals surface area contributed by atoms with Gasteiger partial charge in [0.05, 0.1) is 10.0 Å². The normalized spacial score (nSPS) is 15.6. The van der Waals surface area contributed by atoms with E-state index in [1.807, 2.05) is 18.2 Å². The highest BCUT2D eigenvalue weighted by molar-refractivity contribution is 6.42. The Morgan fingerprint density at radius 1 is 1.29 bits per heavy atom. The molecule has 0 aromatic heterocycles. The molecule has 1 unspecified atom stereocenters. The number of hydrogen-bond acceptors (Lipinski definition) is 3. The molecule has 0 radical (unpaired) electrons. The van der Waals surface area contributed by atoms with Crippen LogP contribution in [0.3, 0.4) is 0 Å². The van der Waals surface area contributed by atoms with Gasteiger partial charge in [-0.2, -0.15) is 0 Å². The summed E-state index contributed by atoms with van der Waals surface area (Å²) in [6, 6.07) is 9.06. The van der Waals surface area contributed by atoms with Crippen LogP contribution in [-0.4, -0.2) is 25.9 Å². The van der Waals surface area contributed by atoms with E-state index in [1.165, 1.54) is 7.05 Å². The zero-order chi connectivity index (χ0) is 17.3. The summed E-state index contributed by atoms with van der Waals surface area (Å²) in [6.45, 7) is 0.163. The third-order valence-electron chi connectivity index (χ3n) is 3.71. The van der Waals surface area contributed by atoms with E-state index in [0.29, 0.717) is 32.8 Å². The van der Waals surface area contributed by atoms with Crippen molar-refractivity contribution in [2.24, 2.45) is 0 Å². The van der Waals surface area contributed by atoms with E-state index >= 15 is 0 Å². The van der Waals surface area contributed by atoms with Crippen LogP contribution >= 0.6 is 34.8 Å². The summed E-state index contributed by atoms with van der Waals surface area (Å²) in [5.74, 6) is 0.703. The molecule has 126 valence electrons. The van der Waals surface area contributed by atoms with Gasteiger partial charge < -0.3 is 14.8 Å². The zero-order valence-electron chi connectivity index (χ0n) is 12.7. The average Bonchev–Trinajstić information content (AvgIpc) is 2.95. The molecule has 24 heavy (non-hydrogen) atoms. The molecule has 1 atom stereocenters. The third-order valence-corrected chi connectivity index (χ3v) is 4.52. The summed E-state index contributed by atoms with van der Waals surface area (Å²) in [5.41, 5.74) is 2.48. The summed E-state index contributed by atoms with van der Waals surface area (Å²) in [4.78, 5) is 11.2. The molecule has 1 N–H and O–H groups in total. The second-order valence-electron chi connectivity index (χ2n) is 5.33. The van der Waals surface area contributed by atoms with E-state index in [4.69, 9.17) is 44.3 Å². The minimum atomic E-state index is -0.487. The molecule has 3 rings (SSSR count). The molecular formula is C17H14Cl3NO3. The van der Waals surface area contributed by atoms with Crippen molar-refractivity contribution in [1.29, 1.82) is 0 Å². The number of benzene rings is 2. The topological polar surface area (TPSA) is 47.6 Å². The van der Waals surface area contributed by atoms with Crippen molar-refractivity contribution < 1.29 is 14.3 Å².